The Labute approximate surface area is 172 Å². The van der Waals surface area contributed by atoms with Gasteiger partial charge in [0.05, 0.1) is 19.9 Å². The van der Waals surface area contributed by atoms with Crippen LogP contribution in [0.4, 0.5) is 0 Å². The lowest BCUT2D eigenvalue weighted by Gasteiger charge is -2.18. The molecule has 2 rings (SSSR count). The molecular weight excluding hydrogens is 390 g/mol. The third-order valence-corrected chi connectivity index (χ3v) is 6.20. The van der Waals surface area contributed by atoms with Crippen molar-refractivity contribution in [2.45, 2.75) is 31.6 Å². The molecule has 0 fully saturated rings. The number of benzene rings is 2. The monoisotopic (exact) mass is 417 g/mol. The molecule has 0 spiro atoms. The average molecular weight is 418 g/mol. The average Bonchev–Trinajstić information content (AvgIpc) is 2.68. The van der Waals surface area contributed by atoms with Crippen molar-refractivity contribution in [1.29, 1.82) is 0 Å². The summed E-state index contributed by atoms with van der Waals surface area (Å²) in [4.78, 5) is 12.1. The fraction of sp³-hybridized carbons (Fsp3) is 0.333. The van der Waals surface area contributed by atoms with Crippen molar-refractivity contribution in [1.82, 2.24) is 9.73 Å². The highest BCUT2D eigenvalue weighted by Gasteiger charge is 2.26. The number of methoxy groups -OCH3 is 1. The highest BCUT2D eigenvalue weighted by atomic mass is 32.2. The van der Waals surface area contributed by atoms with Crippen molar-refractivity contribution < 1.29 is 17.9 Å². The van der Waals surface area contributed by atoms with Crippen LogP contribution >= 0.6 is 0 Å². The van der Waals surface area contributed by atoms with Gasteiger partial charge in [0, 0.05) is 7.05 Å². The summed E-state index contributed by atoms with van der Waals surface area (Å²) in [5.41, 5.74) is 5.18. The summed E-state index contributed by atoms with van der Waals surface area (Å²) < 4.78 is 31.7. The van der Waals surface area contributed by atoms with Gasteiger partial charge in [-0.3, -0.25) is 4.79 Å². The third kappa shape index (κ3) is 5.88. The second-order valence-electron chi connectivity index (χ2n) is 7.03. The number of rotatable bonds is 8. The molecule has 0 unspecified atom stereocenters. The van der Waals surface area contributed by atoms with Gasteiger partial charge in [0.25, 0.3) is 5.91 Å². The van der Waals surface area contributed by atoms with E-state index in [9.17, 15) is 13.2 Å². The Hall–Kier alpha value is -2.71. The molecule has 0 saturated carbocycles. The van der Waals surface area contributed by atoms with Gasteiger partial charge in [-0.25, -0.2) is 13.8 Å². The first-order chi connectivity index (χ1) is 13.6. The van der Waals surface area contributed by atoms with Gasteiger partial charge in [-0.2, -0.15) is 9.41 Å². The number of amides is 1. The first kappa shape index (κ1) is 22.6. The van der Waals surface area contributed by atoms with E-state index in [1.165, 1.54) is 32.0 Å². The van der Waals surface area contributed by atoms with E-state index in [0.717, 1.165) is 15.4 Å². The van der Waals surface area contributed by atoms with Crippen LogP contribution in [0.2, 0.25) is 0 Å². The zero-order valence-electron chi connectivity index (χ0n) is 17.3. The van der Waals surface area contributed by atoms with Crippen molar-refractivity contribution in [3.8, 4) is 5.75 Å². The number of ether oxygens (including phenoxy) is 1. The van der Waals surface area contributed by atoms with Crippen LogP contribution < -0.4 is 10.2 Å². The number of carbonyl (C=O) groups excluding carboxylic acids is 1. The van der Waals surface area contributed by atoms with Crippen LogP contribution in [-0.2, 0) is 14.8 Å². The lowest BCUT2D eigenvalue weighted by molar-refractivity contribution is -0.121. The Balaban J connectivity index is 2.02. The Kier molecular flexibility index (Phi) is 7.53. The van der Waals surface area contributed by atoms with Crippen molar-refractivity contribution in [3.05, 3.63) is 59.2 Å². The van der Waals surface area contributed by atoms with Gasteiger partial charge in [-0.05, 0) is 41.7 Å². The van der Waals surface area contributed by atoms with Gasteiger partial charge < -0.3 is 4.74 Å². The summed E-state index contributed by atoms with van der Waals surface area (Å²) in [5.74, 6) is 0.119. The molecule has 0 aliphatic rings. The smallest absolute Gasteiger partial charge is 0.255 e. The maximum Gasteiger partial charge on any atom is 0.255 e. The van der Waals surface area contributed by atoms with E-state index in [0.29, 0.717) is 5.92 Å². The maximum absolute atomic E-state index is 12.8. The minimum Gasteiger partial charge on any atom is -0.495 e. The van der Waals surface area contributed by atoms with Crippen LogP contribution in [0.3, 0.4) is 0 Å². The number of aryl methyl sites for hydroxylation is 1. The van der Waals surface area contributed by atoms with Gasteiger partial charge in [-0.1, -0.05) is 44.2 Å². The highest BCUT2D eigenvalue weighted by Crippen LogP contribution is 2.27. The quantitative estimate of drug-likeness (QED) is 0.528. The van der Waals surface area contributed by atoms with Crippen LogP contribution in [0, 0.1) is 6.92 Å². The summed E-state index contributed by atoms with van der Waals surface area (Å²) in [7, 11) is -1.15. The fourth-order valence-corrected chi connectivity index (χ4v) is 3.99. The predicted octanol–water partition coefficient (Wildman–Crippen LogP) is 2.90. The molecule has 0 aromatic heterocycles. The number of sulfonamides is 1. The molecule has 2 aromatic carbocycles. The molecule has 0 radical (unpaired) electrons. The molecule has 0 heterocycles. The lowest BCUT2D eigenvalue weighted by atomic mass is 10.0. The Morgan fingerprint density at radius 1 is 1.21 bits per heavy atom. The molecule has 8 heteroatoms. The molecule has 0 saturated heterocycles. The van der Waals surface area contributed by atoms with Crippen LogP contribution in [0.5, 0.6) is 5.75 Å². The number of carbonyl (C=O) groups is 1. The molecule has 0 aliphatic carbocycles. The van der Waals surface area contributed by atoms with Gasteiger partial charge >= 0.3 is 0 Å². The van der Waals surface area contributed by atoms with Crippen molar-refractivity contribution in [2.75, 3.05) is 20.7 Å². The second-order valence-corrected chi connectivity index (χ2v) is 9.04. The lowest BCUT2D eigenvalue weighted by Crippen LogP contribution is -2.36. The number of likely N-dealkylation sites (N-methyl/N-ethyl adjacent to an activating group) is 1. The fourth-order valence-electron chi connectivity index (χ4n) is 2.62. The molecule has 0 bridgehead atoms. The van der Waals surface area contributed by atoms with Gasteiger partial charge in [-0.15, -0.1) is 0 Å². The summed E-state index contributed by atoms with van der Waals surface area (Å²) >= 11 is 0. The number of hydrogen-bond acceptors (Lipinski definition) is 5. The summed E-state index contributed by atoms with van der Waals surface area (Å²) in [5, 5.41) is 3.90. The molecule has 1 amide bonds. The molecule has 0 aliphatic heterocycles. The van der Waals surface area contributed by atoms with E-state index in [-0.39, 0.29) is 17.2 Å². The molecule has 2 aromatic rings. The van der Waals surface area contributed by atoms with Crippen LogP contribution in [0.25, 0.3) is 0 Å². The maximum atomic E-state index is 12.8. The second kappa shape index (κ2) is 9.67. The number of nitrogens with zero attached hydrogens (tertiary/aromatic N) is 2. The van der Waals surface area contributed by atoms with E-state index in [2.05, 4.69) is 24.4 Å². The molecule has 156 valence electrons. The largest absolute Gasteiger partial charge is 0.495 e. The zero-order valence-corrected chi connectivity index (χ0v) is 18.2. The molecular formula is C21H27N3O4S. The van der Waals surface area contributed by atoms with Gasteiger partial charge in [0.2, 0.25) is 10.0 Å². The summed E-state index contributed by atoms with van der Waals surface area (Å²) in [6.45, 7) is 5.64. The van der Waals surface area contributed by atoms with Crippen LogP contribution in [-0.4, -0.2) is 45.5 Å². The normalized spacial score (nSPS) is 12.0. The number of hydrazone groups is 1. The minimum atomic E-state index is -3.89. The SMILES string of the molecule is COc1ccc(C)cc1S(=O)(=O)N(C)CC(=O)N/N=C/c1ccc(C(C)C)cc1. The van der Waals surface area contributed by atoms with E-state index in [1.54, 1.807) is 19.1 Å². The van der Waals surface area contributed by atoms with Crippen molar-refractivity contribution >= 4 is 22.1 Å². The Morgan fingerprint density at radius 2 is 1.86 bits per heavy atom. The summed E-state index contributed by atoms with van der Waals surface area (Å²) in [6.07, 6.45) is 1.51. The number of hydrogen-bond donors (Lipinski definition) is 1. The topological polar surface area (TPSA) is 88.1 Å². The van der Waals surface area contributed by atoms with E-state index < -0.39 is 15.9 Å². The zero-order chi connectivity index (χ0) is 21.6. The van der Waals surface area contributed by atoms with E-state index in [4.69, 9.17) is 4.74 Å². The molecule has 0 atom stereocenters. The predicted molar refractivity (Wildman–Crippen MR) is 114 cm³/mol. The highest BCUT2D eigenvalue weighted by molar-refractivity contribution is 7.89. The van der Waals surface area contributed by atoms with E-state index >= 15 is 0 Å². The summed E-state index contributed by atoms with van der Waals surface area (Å²) in [6, 6.07) is 12.7. The van der Waals surface area contributed by atoms with E-state index in [1.807, 2.05) is 24.3 Å². The Morgan fingerprint density at radius 3 is 2.45 bits per heavy atom. The van der Waals surface area contributed by atoms with Crippen LogP contribution in [0.15, 0.2) is 52.5 Å². The molecule has 1 N–H and O–H groups in total. The molecule has 7 nitrogen and oxygen atoms in total. The minimum absolute atomic E-state index is 0.0176. The Bertz CT molecular complexity index is 983. The number of nitrogens with one attached hydrogen (secondary N) is 1. The van der Waals surface area contributed by atoms with Gasteiger partial charge in [0.1, 0.15) is 10.6 Å². The van der Waals surface area contributed by atoms with Gasteiger partial charge in [0.15, 0.2) is 0 Å². The van der Waals surface area contributed by atoms with Crippen molar-refractivity contribution in [3.63, 3.8) is 0 Å². The first-order valence-corrected chi connectivity index (χ1v) is 10.6. The molecule has 29 heavy (non-hydrogen) atoms. The van der Waals surface area contributed by atoms with Crippen LogP contribution in [0.1, 0.15) is 36.5 Å². The standard InChI is InChI=1S/C21H27N3O4S/c1-15(2)18-9-7-17(8-10-18)13-22-23-21(25)14-24(4)29(26,27)20-12-16(3)6-11-19(20)28-5/h6-13,15H,14H2,1-5H3,(H,23,25)/b22-13+. The third-order valence-electron chi connectivity index (χ3n) is 4.38. The first-order valence-electron chi connectivity index (χ1n) is 9.18. The van der Waals surface area contributed by atoms with Crippen molar-refractivity contribution in [2.24, 2.45) is 5.10 Å².